The maximum absolute atomic E-state index is 11.4. The van der Waals surface area contributed by atoms with Crippen LogP contribution in [0.25, 0.3) is 10.9 Å². The number of hydrogen-bond acceptors (Lipinski definition) is 3. The van der Waals surface area contributed by atoms with Gasteiger partial charge in [0.2, 0.25) is 0 Å². The van der Waals surface area contributed by atoms with Gasteiger partial charge in [-0.05, 0) is 73.5 Å². The predicted octanol–water partition coefficient (Wildman–Crippen LogP) is 6.33. The molecule has 3 aromatic rings. The fraction of sp³-hybridized carbons (Fsp3) is 0.464. The van der Waals surface area contributed by atoms with Crippen molar-refractivity contribution in [3.8, 4) is 5.75 Å². The van der Waals surface area contributed by atoms with E-state index in [1.807, 2.05) is 18.3 Å². The minimum absolute atomic E-state index is 0.284. The van der Waals surface area contributed by atoms with Crippen molar-refractivity contribution < 1.29 is 14.6 Å². The molecule has 0 bridgehead atoms. The zero-order valence-electron chi connectivity index (χ0n) is 19.6. The number of aryl methyl sites for hydroxylation is 1. The Morgan fingerprint density at radius 1 is 1.12 bits per heavy atom. The lowest BCUT2D eigenvalue weighted by Gasteiger charge is -2.42. The minimum atomic E-state index is -0.870. The molecule has 2 fully saturated rings. The van der Waals surface area contributed by atoms with E-state index in [4.69, 9.17) is 4.74 Å². The lowest BCUT2D eigenvalue weighted by Crippen LogP contribution is -2.38. The van der Waals surface area contributed by atoms with Crippen molar-refractivity contribution in [1.82, 2.24) is 9.88 Å². The summed E-state index contributed by atoms with van der Waals surface area (Å²) in [6.07, 6.45) is 9.86. The third-order valence-electron chi connectivity index (χ3n) is 8.06. The topological polar surface area (TPSA) is 65.6 Å². The number of hydrogen-bond donors (Lipinski definition) is 2. The average molecular weight is 447 g/mol. The molecule has 2 aromatic carbocycles. The second-order valence-corrected chi connectivity index (χ2v) is 9.88. The number of rotatable bonds is 6. The second-order valence-electron chi connectivity index (χ2n) is 9.88. The molecule has 5 rings (SSSR count). The Labute approximate surface area is 195 Å². The maximum atomic E-state index is 11.4. The SMILES string of the molecule is COc1cc(C)c2[nH]ccc2c1CN1CCC(C2CCCC2)CC1c1ccc(C(=O)O)cc1. The van der Waals surface area contributed by atoms with Crippen LogP contribution in [0.4, 0.5) is 0 Å². The molecule has 174 valence electrons. The highest BCUT2D eigenvalue weighted by molar-refractivity contribution is 5.88. The van der Waals surface area contributed by atoms with Crippen molar-refractivity contribution >= 4 is 16.9 Å². The number of ether oxygens (including phenoxy) is 1. The van der Waals surface area contributed by atoms with Crippen molar-refractivity contribution in [2.75, 3.05) is 13.7 Å². The van der Waals surface area contributed by atoms with E-state index in [9.17, 15) is 9.90 Å². The molecule has 0 spiro atoms. The number of methoxy groups -OCH3 is 1. The van der Waals surface area contributed by atoms with Crippen LogP contribution in [0, 0.1) is 18.8 Å². The monoisotopic (exact) mass is 446 g/mol. The molecule has 1 saturated carbocycles. The van der Waals surface area contributed by atoms with Crippen LogP contribution in [0.15, 0.2) is 42.6 Å². The van der Waals surface area contributed by atoms with E-state index in [1.165, 1.54) is 59.7 Å². The molecular weight excluding hydrogens is 412 g/mol. The third kappa shape index (κ3) is 4.26. The van der Waals surface area contributed by atoms with Gasteiger partial charge in [0.25, 0.3) is 0 Å². The molecule has 2 heterocycles. The van der Waals surface area contributed by atoms with Crippen LogP contribution < -0.4 is 4.74 Å². The van der Waals surface area contributed by atoms with Gasteiger partial charge in [0.1, 0.15) is 5.75 Å². The van der Waals surface area contributed by atoms with Gasteiger partial charge in [-0.25, -0.2) is 4.79 Å². The number of piperidine rings is 1. The third-order valence-corrected chi connectivity index (χ3v) is 8.06. The first kappa shape index (κ1) is 22.0. The smallest absolute Gasteiger partial charge is 0.335 e. The summed E-state index contributed by atoms with van der Waals surface area (Å²) in [6, 6.07) is 12.1. The molecule has 1 aliphatic heterocycles. The molecular formula is C28H34N2O3. The van der Waals surface area contributed by atoms with Crippen molar-refractivity contribution in [3.63, 3.8) is 0 Å². The van der Waals surface area contributed by atoms with Gasteiger partial charge in [-0.2, -0.15) is 0 Å². The number of benzene rings is 2. The van der Waals surface area contributed by atoms with E-state index in [2.05, 4.69) is 28.9 Å². The van der Waals surface area contributed by atoms with Crippen LogP contribution in [0.1, 0.15) is 71.6 Å². The standard InChI is InChI=1S/C28H34N2O3/c1-18-15-26(33-2)24(23-11-13-29-27(18)23)17-30-14-12-22(19-5-3-4-6-19)16-25(30)20-7-9-21(10-8-20)28(31)32/h7-11,13,15,19,22,25,29H,3-6,12,14,16-17H2,1-2H3,(H,31,32). The first-order chi connectivity index (χ1) is 16.0. The number of aromatic amines is 1. The summed E-state index contributed by atoms with van der Waals surface area (Å²) in [6.45, 7) is 3.99. The largest absolute Gasteiger partial charge is 0.496 e. The zero-order chi connectivity index (χ0) is 22.9. The fourth-order valence-corrected chi connectivity index (χ4v) is 6.27. The molecule has 0 radical (unpaired) electrons. The molecule has 2 aliphatic rings. The highest BCUT2D eigenvalue weighted by Crippen LogP contribution is 2.44. The van der Waals surface area contributed by atoms with E-state index in [0.29, 0.717) is 5.56 Å². The van der Waals surface area contributed by atoms with Crippen LogP contribution in [-0.4, -0.2) is 34.6 Å². The molecule has 1 aromatic heterocycles. The number of likely N-dealkylation sites (tertiary alicyclic amines) is 1. The number of aromatic carboxylic acids is 1. The number of fused-ring (bicyclic) bond motifs is 1. The predicted molar refractivity (Wildman–Crippen MR) is 131 cm³/mol. The summed E-state index contributed by atoms with van der Waals surface area (Å²) in [5.74, 6) is 1.67. The van der Waals surface area contributed by atoms with Crippen molar-refractivity contribution in [3.05, 3.63) is 64.8 Å². The number of nitrogens with one attached hydrogen (secondary N) is 1. The van der Waals surface area contributed by atoms with Crippen molar-refractivity contribution in [2.45, 2.75) is 58.0 Å². The number of carbonyl (C=O) groups is 1. The Morgan fingerprint density at radius 2 is 1.88 bits per heavy atom. The average Bonchev–Trinajstić information content (AvgIpc) is 3.54. The lowest BCUT2D eigenvalue weighted by atomic mass is 9.78. The van der Waals surface area contributed by atoms with Crippen LogP contribution >= 0.6 is 0 Å². The van der Waals surface area contributed by atoms with Gasteiger partial charge in [0.15, 0.2) is 0 Å². The van der Waals surface area contributed by atoms with Gasteiger partial charge in [-0.1, -0.05) is 37.8 Å². The van der Waals surface area contributed by atoms with Crippen molar-refractivity contribution in [1.29, 1.82) is 0 Å². The van der Waals surface area contributed by atoms with E-state index in [1.54, 1.807) is 19.2 Å². The summed E-state index contributed by atoms with van der Waals surface area (Å²) in [4.78, 5) is 17.4. The summed E-state index contributed by atoms with van der Waals surface area (Å²) < 4.78 is 5.82. The summed E-state index contributed by atoms with van der Waals surface area (Å²) in [5.41, 5.74) is 5.16. The number of nitrogens with zero attached hydrogens (tertiary/aromatic N) is 1. The van der Waals surface area contributed by atoms with E-state index in [0.717, 1.165) is 37.1 Å². The van der Waals surface area contributed by atoms with Gasteiger partial charge in [0.05, 0.1) is 12.7 Å². The van der Waals surface area contributed by atoms with Crippen LogP contribution in [0.2, 0.25) is 0 Å². The van der Waals surface area contributed by atoms with Crippen LogP contribution in [0.3, 0.4) is 0 Å². The lowest BCUT2D eigenvalue weighted by molar-refractivity contribution is 0.0696. The number of H-pyrrole nitrogens is 1. The molecule has 33 heavy (non-hydrogen) atoms. The maximum Gasteiger partial charge on any atom is 0.335 e. The first-order valence-corrected chi connectivity index (χ1v) is 12.3. The Hall–Kier alpha value is -2.79. The molecule has 1 saturated heterocycles. The highest BCUT2D eigenvalue weighted by Gasteiger charge is 2.35. The molecule has 0 amide bonds. The normalized spacial score (nSPS) is 22.1. The van der Waals surface area contributed by atoms with Gasteiger partial charge in [-0.15, -0.1) is 0 Å². The van der Waals surface area contributed by atoms with E-state index >= 15 is 0 Å². The van der Waals surface area contributed by atoms with Gasteiger partial charge >= 0.3 is 5.97 Å². The molecule has 2 unspecified atom stereocenters. The Bertz CT molecular complexity index is 1130. The first-order valence-electron chi connectivity index (χ1n) is 12.3. The fourth-order valence-electron chi connectivity index (χ4n) is 6.27. The van der Waals surface area contributed by atoms with Crippen molar-refractivity contribution in [2.24, 2.45) is 11.8 Å². The van der Waals surface area contributed by atoms with Crippen LogP contribution in [0.5, 0.6) is 5.75 Å². The number of carboxylic acids is 1. The van der Waals surface area contributed by atoms with E-state index < -0.39 is 5.97 Å². The summed E-state index contributed by atoms with van der Waals surface area (Å²) in [5, 5.41) is 10.6. The molecule has 2 N–H and O–H groups in total. The second kappa shape index (κ2) is 9.22. The Kier molecular flexibility index (Phi) is 6.15. The van der Waals surface area contributed by atoms with E-state index in [-0.39, 0.29) is 6.04 Å². The quantitative estimate of drug-likeness (QED) is 0.465. The summed E-state index contributed by atoms with van der Waals surface area (Å²) >= 11 is 0. The number of carboxylic acid groups (broad SMARTS) is 1. The summed E-state index contributed by atoms with van der Waals surface area (Å²) in [7, 11) is 1.76. The molecule has 2 atom stereocenters. The highest BCUT2D eigenvalue weighted by atomic mass is 16.5. The molecule has 1 aliphatic carbocycles. The zero-order valence-corrected chi connectivity index (χ0v) is 19.6. The minimum Gasteiger partial charge on any atom is -0.496 e. The van der Waals surface area contributed by atoms with Gasteiger partial charge in [0, 0.05) is 35.2 Å². The number of aromatic nitrogens is 1. The van der Waals surface area contributed by atoms with Gasteiger partial charge in [-0.3, -0.25) is 4.90 Å². The molecule has 5 heteroatoms. The van der Waals surface area contributed by atoms with Gasteiger partial charge < -0.3 is 14.8 Å². The Morgan fingerprint density at radius 3 is 2.58 bits per heavy atom. The molecule has 5 nitrogen and oxygen atoms in total. The Balaban J connectivity index is 1.48. The van der Waals surface area contributed by atoms with Crippen LogP contribution in [-0.2, 0) is 6.54 Å².